The van der Waals surface area contributed by atoms with Gasteiger partial charge in [-0.1, -0.05) is 0 Å². The van der Waals surface area contributed by atoms with Gasteiger partial charge in [0, 0.05) is 19.3 Å². The van der Waals surface area contributed by atoms with Crippen molar-refractivity contribution in [1.82, 2.24) is 14.5 Å². The van der Waals surface area contributed by atoms with Gasteiger partial charge in [-0.25, -0.2) is 12.8 Å². The zero-order valence-electron chi connectivity index (χ0n) is 12.8. The molecular formula is C15H17FN4O3S. The smallest absolute Gasteiger partial charge is 0.243 e. The number of anilines is 1. The van der Waals surface area contributed by atoms with Crippen LogP contribution in [0.3, 0.4) is 0 Å². The molecule has 0 spiro atoms. The van der Waals surface area contributed by atoms with E-state index in [9.17, 15) is 17.6 Å². The molecule has 1 aromatic heterocycles. The van der Waals surface area contributed by atoms with E-state index in [0.717, 1.165) is 12.1 Å². The SMILES string of the molecule is O=C(Nc1cn[nH]c1)C1CCCN(S(=O)(=O)c2ccc(F)cc2)C1. The second-order valence-electron chi connectivity index (χ2n) is 5.63. The van der Waals surface area contributed by atoms with E-state index in [2.05, 4.69) is 15.5 Å². The number of sulfonamides is 1. The van der Waals surface area contributed by atoms with Gasteiger partial charge in [-0.05, 0) is 37.1 Å². The molecule has 24 heavy (non-hydrogen) atoms. The molecule has 1 aliphatic rings. The average molecular weight is 352 g/mol. The molecule has 2 heterocycles. The second-order valence-corrected chi connectivity index (χ2v) is 7.57. The predicted molar refractivity (Wildman–Crippen MR) is 85.1 cm³/mol. The molecule has 1 saturated heterocycles. The third-order valence-electron chi connectivity index (χ3n) is 3.97. The molecule has 1 atom stereocenters. The molecule has 0 bridgehead atoms. The first-order valence-corrected chi connectivity index (χ1v) is 8.96. The summed E-state index contributed by atoms with van der Waals surface area (Å²) in [5, 5.41) is 9.05. The highest BCUT2D eigenvalue weighted by atomic mass is 32.2. The number of hydrogen-bond donors (Lipinski definition) is 2. The van der Waals surface area contributed by atoms with Gasteiger partial charge in [-0.2, -0.15) is 9.40 Å². The van der Waals surface area contributed by atoms with Crippen molar-refractivity contribution in [3.8, 4) is 0 Å². The Hall–Kier alpha value is -2.26. The Labute approximate surface area is 138 Å². The van der Waals surface area contributed by atoms with Crippen LogP contribution in [0.15, 0.2) is 41.6 Å². The molecule has 7 nitrogen and oxygen atoms in total. The molecule has 1 aliphatic heterocycles. The van der Waals surface area contributed by atoms with Crippen LogP contribution in [0.2, 0.25) is 0 Å². The van der Waals surface area contributed by atoms with Crippen LogP contribution < -0.4 is 5.32 Å². The highest BCUT2D eigenvalue weighted by Crippen LogP contribution is 2.24. The van der Waals surface area contributed by atoms with E-state index in [1.54, 1.807) is 6.20 Å². The minimum atomic E-state index is -3.74. The minimum Gasteiger partial charge on any atom is -0.323 e. The number of H-pyrrole nitrogens is 1. The van der Waals surface area contributed by atoms with Gasteiger partial charge in [-0.3, -0.25) is 9.89 Å². The molecule has 128 valence electrons. The van der Waals surface area contributed by atoms with Gasteiger partial charge in [0.15, 0.2) is 0 Å². The molecule has 1 fully saturated rings. The fourth-order valence-corrected chi connectivity index (χ4v) is 4.22. The number of carbonyl (C=O) groups is 1. The molecule has 1 aromatic carbocycles. The number of aromatic nitrogens is 2. The summed E-state index contributed by atoms with van der Waals surface area (Å²) in [4.78, 5) is 12.3. The number of aromatic amines is 1. The zero-order chi connectivity index (χ0) is 17.2. The van der Waals surface area contributed by atoms with Crippen molar-refractivity contribution in [3.63, 3.8) is 0 Å². The second kappa shape index (κ2) is 6.70. The van der Waals surface area contributed by atoms with Crippen molar-refractivity contribution in [2.45, 2.75) is 17.7 Å². The summed E-state index contributed by atoms with van der Waals surface area (Å²) in [7, 11) is -3.74. The van der Waals surface area contributed by atoms with Crippen molar-refractivity contribution < 1.29 is 17.6 Å². The molecule has 2 N–H and O–H groups in total. The van der Waals surface area contributed by atoms with E-state index in [4.69, 9.17) is 0 Å². The van der Waals surface area contributed by atoms with Crippen molar-refractivity contribution in [2.75, 3.05) is 18.4 Å². The Morgan fingerprint density at radius 1 is 1.33 bits per heavy atom. The van der Waals surface area contributed by atoms with Crippen molar-refractivity contribution in [3.05, 3.63) is 42.5 Å². The number of carbonyl (C=O) groups excluding carboxylic acids is 1. The number of piperidine rings is 1. The van der Waals surface area contributed by atoms with E-state index in [0.29, 0.717) is 25.1 Å². The van der Waals surface area contributed by atoms with E-state index in [1.165, 1.54) is 22.6 Å². The predicted octanol–water partition coefficient (Wildman–Crippen LogP) is 1.59. The van der Waals surface area contributed by atoms with Gasteiger partial charge in [-0.15, -0.1) is 0 Å². The van der Waals surface area contributed by atoms with Gasteiger partial charge in [0.25, 0.3) is 0 Å². The number of halogens is 1. The number of amides is 1. The minimum absolute atomic E-state index is 0.0276. The Kier molecular flexibility index (Phi) is 4.63. The van der Waals surface area contributed by atoms with E-state index in [1.807, 2.05) is 0 Å². The van der Waals surface area contributed by atoms with Crippen LogP contribution in [-0.2, 0) is 14.8 Å². The van der Waals surface area contributed by atoms with Crippen molar-refractivity contribution in [2.24, 2.45) is 5.92 Å². The molecule has 0 radical (unpaired) electrons. The molecule has 3 rings (SSSR count). The summed E-state index contributed by atoms with van der Waals surface area (Å²) in [5.41, 5.74) is 0.540. The van der Waals surface area contributed by atoms with Crippen LogP contribution >= 0.6 is 0 Å². The van der Waals surface area contributed by atoms with E-state index >= 15 is 0 Å². The maximum atomic E-state index is 13.0. The fourth-order valence-electron chi connectivity index (χ4n) is 2.69. The molecule has 9 heteroatoms. The number of hydrogen-bond acceptors (Lipinski definition) is 4. The number of nitrogens with one attached hydrogen (secondary N) is 2. The lowest BCUT2D eigenvalue weighted by molar-refractivity contribution is -0.120. The van der Waals surface area contributed by atoms with Crippen molar-refractivity contribution >= 4 is 21.6 Å². The Morgan fingerprint density at radius 3 is 2.75 bits per heavy atom. The van der Waals surface area contributed by atoms with Crippen LogP contribution in [0, 0.1) is 11.7 Å². The topological polar surface area (TPSA) is 95.2 Å². The molecule has 1 amide bonds. The molecule has 1 unspecified atom stereocenters. The fraction of sp³-hybridized carbons (Fsp3) is 0.333. The summed E-state index contributed by atoms with van der Waals surface area (Å²) < 4.78 is 39.6. The van der Waals surface area contributed by atoms with E-state index in [-0.39, 0.29) is 17.3 Å². The van der Waals surface area contributed by atoms with Crippen LogP contribution in [0.5, 0.6) is 0 Å². The van der Waals surface area contributed by atoms with Gasteiger partial charge in [0.2, 0.25) is 15.9 Å². The zero-order valence-corrected chi connectivity index (χ0v) is 13.6. The summed E-state index contributed by atoms with van der Waals surface area (Å²) in [6.45, 7) is 0.443. The Balaban J connectivity index is 1.72. The first-order chi connectivity index (χ1) is 11.5. The third-order valence-corrected chi connectivity index (χ3v) is 5.85. The number of benzene rings is 1. The standard InChI is InChI=1S/C15H17FN4O3S/c16-12-3-5-14(6-4-12)24(22,23)20-7-1-2-11(10-20)15(21)19-13-8-17-18-9-13/h3-6,8-9,11H,1-2,7,10H2,(H,17,18)(H,19,21). The summed E-state index contributed by atoms with van der Waals surface area (Å²) in [5.74, 6) is -1.18. The maximum absolute atomic E-state index is 13.0. The maximum Gasteiger partial charge on any atom is 0.243 e. The normalized spacial score (nSPS) is 19.1. The first-order valence-electron chi connectivity index (χ1n) is 7.52. The van der Waals surface area contributed by atoms with Crippen LogP contribution in [0.4, 0.5) is 10.1 Å². The molecule has 2 aromatic rings. The molecule has 0 aliphatic carbocycles. The summed E-state index contributed by atoms with van der Waals surface area (Å²) >= 11 is 0. The van der Waals surface area contributed by atoms with Gasteiger partial charge in [0.1, 0.15) is 5.82 Å². The highest BCUT2D eigenvalue weighted by Gasteiger charge is 2.33. The average Bonchev–Trinajstić information content (AvgIpc) is 3.08. The lowest BCUT2D eigenvalue weighted by Crippen LogP contribution is -2.43. The van der Waals surface area contributed by atoms with E-state index < -0.39 is 21.8 Å². The highest BCUT2D eigenvalue weighted by molar-refractivity contribution is 7.89. The van der Waals surface area contributed by atoms with Gasteiger partial charge >= 0.3 is 0 Å². The lowest BCUT2D eigenvalue weighted by atomic mass is 9.99. The van der Waals surface area contributed by atoms with Gasteiger partial charge < -0.3 is 5.32 Å². The first kappa shape index (κ1) is 16.6. The third kappa shape index (κ3) is 3.46. The number of rotatable bonds is 4. The Morgan fingerprint density at radius 2 is 2.08 bits per heavy atom. The van der Waals surface area contributed by atoms with Crippen molar-refractivity contribution in [1.29, 1.82) is 0 Å². The summed E-state index contributed by atoms with van der Waals surface area (Å²) in [6, 6.07) is 4.69. The van der Waals surface area contributed by atoms with Crippen LogP contribution in [-0.4, -0.2) is 41.9 Å². The van der Waals surface area contributed by atoms with Gasteiger partial charge in [0.05, 0.1) is 22.7 Å². The molecule has 0 saturated carbocycles. The quantitative estimate of drug-likeness (QED) is 0.873. The lowest BCUT2D eigenvalue weighted by Gasteiger charge is -2.31. The summed E-state index contributed by atoms with van der Waals surface area (Å²) in [6.07, 6.45) is 4.23. The largest absolute Gasteiger partial charge is 0.323 e. The number of nitrogens with zero attached hydrogens (tertiary/aromatic N) is 2. The van der Waals surface area contributed by atoms with Crippen LogP contribution in [0.1, 0.15) is 12.8 Å². The van der Waals surface area contributed by atoms with Crippen LogP contribution in [0.25, 0.3) is 0 Å². The molecular weight excluding hydrogens is 335 g/mol. The Bertz CT molecular complexity index is 806. The monoisotopic (exact) mass is 352 g/mol.